The highest BCUT2D eigenvalue weighted by Gasteiger charge is 2.23. The van der Waals surface area contributed by atoms with Gasteiger partial charge in [-0.05, 0) is 12.3 Å². The van der Waals surface area contributed by atoms with E-state index in [2.05, 4.69) is 0 Å². The maximum absolute atomic E-state index is 11.4. The van der Waals surface area contributed by atoms with Crippen molar-refractivity contribution in [2.75, 3.05) is 13.2 Å². The van der Waals surface area contributed by atoms with Gasteiger partial charge in [-0.3, -0.25) is 19.4 Å². The quantitative estimate of drug-likeness (QED) is 0.401. The number of hydroxylamine groups is 2. The van der Waals surface area contributed by atoms with Gasteiger partial charge in [-0.25, -0.2) is 5.06 Å². The predicted octanol–water partition coefficient (Wildman–Crippen LogP) is 1.85. The van der Waals surface area contributed by atoms with Gasteiger partial charge in [0.2, 0.25) is 11.4 Å². The highest BCUT2D eigenvalue weighted by atomic mass is 31.2. The topological polar surface area (TPSA) is 94.9 Å². The van der Waals surface area contributed by atoms with E-state index in [4.69, 9.17) is 4.89 Å². The van der Waals surface area contributed by atoms with Crippen molar-refractivity contribution >= 4 is 18.8 Å². The summed E-state index contributed by atoms with van der Waals surface area (Å²) in [5.74, 6) is -0.192. The number of hydrogen-bond donors (Lipinski definition) is 2. The van der Waals surface area contributed by atoms with Gasteiger partial charge in [0, 0.05) is 26.1 Å². The molecule has 7 heteroatoms. The molecule has 2 N–H and O–H groups in total. The van der Waals surface area contributed by atoms with Gasteiger partial charge in [0.1, 0.15) is 0 Å². The van der Waals surface area contributed by atoms with E-state index in [0.717, 1.165) is 13.1 Å². The Morgan fingerprint density at radius 3 is 2.33 bits per heavy atom. The Hall–Kier alpha value is -0.710. The molecule has 0 radical (unpaired) electrons. The maximum Gasteiger partial charge on any atom is 0.261 e. The highest BCUT2D eigenvalue weighted by molar-refractivity contribution is 7.74. The predicted molar refractivity (Wildman–Crippen MR) is 67.6 cm³/mol. The zero-order chi connectivity index (χ0) is 14.3. The molecular weight excluding hydrogens is 257 g/mol. The molecule has 2 unspecified atom stereocenters. The molecule has 0 heterocycles. The van der Waals surface area contributed by atoms with Gasteiger partial charge in [-0.1, -0.05) is 20.3 Å². The number of rotatable bonds is 8. The lowest BCUT2D eigenvalue weighted by Crippen LogP contribution is -2.29. The minimum Gasteiger partial charge on any atom is -0.339 e. The third-order valence-electron chi connectivity index (χ3n) is 2.83. The van der Waals surface area contributed by atoms with Crippen LogP contribution in [0.5, 0.6) is 0 Å². The van der Waals surface area contributed by atoms with Gasteiger partial charge in [0.05, 0.1) is 0 Å². The largest absolute Gasteiger partial charge is 0.339 e. The molecule has 1 amide bonds. The fourth-order valence-corrected chi connectivity index (χ4v) is 1.75. The summed E-state index contributed by atoms with van der Waals surface area (Å²) in [7, 11) is -3.77. The van der Waals surface area contributed by atoms with Gasteiger partial charge in [-0.2, -0.15) is 0 Å². The maximum atomic E-state index is 11.4. The molecule has 0 aromatic carbocycles. The molecule has 0 saturated heterocycles. The second-order valence-electron chi connectivity index (χ2n) is 4.59. The van der Waals surface area contributed by atoms with E-state index in [1.165, 1.54) is 0 Å². The fraction of sp³-hybridized carbons (Fsp3) is 0.818. The molecule has 0 bridgehead atoms. The Bertz CT molecular complexity index is 338. The van der Waals surface area contributed by atoms with Gasteiger partial charge in [0.25, 0.3) is 7.37 Å². The van der Waals surface area contributed by atoms with Crippen LogP contribution in [-0.2, 0) is 14.2 Å². The van der Waals surface area contributed by atoms with Crippen LogP contribution in [0.2, 0.25) is 0 Å². The van der Waals surface area contributed by atoms with Gasteiger partial charge < -0.3 is 4.89 Å². The summed E-state index contributed by atoms with van der Waals surface area (Å²) < 4.78 is 11.0. The van der Waals surface area contributed by atoms with Gasteiger partial charge in [0.15, 0.2) is 0 Å². The number of hydrogen-bond acceptors (Lipinski definition) is 4. The van der Waals surface area contributed by atoms with Gasteiger partial charge >= 0.3 is 0 Å². The van der Waals surface area contributed by atoms with Crippen molar-refractivity contribution in [1.82, 2.24) is 5.06 Å². The Morgan fingerprint density at radius 2 is 1.89 bits per heavy atom. The molecule has 6 nitrogen and oxygen atoms in total. The van der Waals surface area contributed by atoms with Crippen LogP contribution < -0.4 is 0 Å². The lowest BCUT2D eigenvalue weighted by Gasteiger charge is -2.17. The van der Waals surface area contributed by atoms with Crippen molar-refractivity contribution in [3.05, 3.63) is 0 Å². The van der Waals surface area contributed by atoms with E-state index in [1.54, 1.807) is 0 Å². The van der Waals surface area contributed by atoms with Crippen molar-refractivity contribution in [3.8, 4) is 0 Å². The van der Waals surface area contributed by atoms with E-state index in [1.807, 2.05) is 13.8 Å². The Balaban J connectivity index is 4.03. The molecular formula is C11H22NO5P. The molecule has 0 aliphatic heterocycles. The molecule has 0 aliphatic carbocycles. The summed E-state index contributed by atoms with van der Waals surface area (Å²) in [5.41, 5.74) is -0.842. The molecule has 0 aromatic rings. The molecule has 0 rings (SSSR count). The van der Waals surface area contributed by atoms with Crippen LogP contribution in [0.25, 0.3) is 0 Å². The summed E-state index contributed by atoms with van der Waals surface area (Å²) in [6.07, 6.45) is 1.08. The van der Waals surface area contributed by atoms with Crippen molar-refractivity contribution in [2.45, 2.75) is 39.5 Å². The highest BCUT2D eigenvalue weighted by Crippen LogP contribution is 2.37. The van der Waals surface area contributed by atoms with Crippen LogP contribution in [0.1, 0.15) is 39.5 Å². The average Bonchev–Trinajstić information content (AvgIpc) is 2.30. The summed E-state index contributed by atoms with van der Waals surface area (Å²) in [6.45, 7) is 5.19. The van der Waals surface area contributed by atoms with E-state index >= 15 is 0 Å². The zero-order valence-electron chi connectivity index (χ0n) is 11.1. The second-order valence-corrected chi connectivity index (χ2v) is 6.85. The van der Waals surface area contributed by atoms with Crippen LogP contribution in [0.4, 0.5) is 0 Å². The summed E-state index contributed by atoms with van der Waals surface area (Å²) in [6, 6.07) is 0. The molecule has 0 aliphatic rings. The monoisotopic (exact) mass is 279 g/mol. The van der Waals surface area contributed by atoms with E-state index in [9.17, 15) is 19.4 Å². The van der Waals surface area contributed by atoms with E-state index in [-0.39, 0.29) is 19.4 Å². The number of amides is 1. The van der Waals surface area contributed by atoms with Crippen molar-refractivity contribution in [3.63, 3.8) is 0 Å². The van der Waals surface area contributed by atoms with Crippen LogP contribution in [0.15, 0.2) is 0 Å². The van der Waals surface area contributed by atoms with Crippen molar-refractivity contribution in [2.24, 2.45) is 5.92 Å². The van der Waals surface area contributed by atoms with E-state index < -0.39 is 18.8 Å². The first-order valence-corrected chi connectivity index (χ1v) is 8.12. The Kier molecular flexibility index (Phi) is 7.36. The first-order chi connectivity index (χ1) is 8.18. The summed E-state index contributed by atoms with van der Waals surface area (Å²) in [4.78, 5) is 31.5. The minimum atomic E-state index is -3.77. The molecule has 18 heavy (non-hydrogen) atoms. The molecule has 0 saturated carbocycles. The average molecular weight is 279 g/mol. The first kappa shape index (κ1) is 17.3. The fourth-order valence-electron chi connectivity index (χ4n) is 1.22. The molecule has 0 spiro atoms. The first-order valence-electron chi connectivity index (χ1n) is 6.01. The van der Waals surface area contributed by atoms with Crippen LogP contribution >= 0.6 is 7.37 Å². The number of carbonyl (C=O) groups excluding carboxylic acids is 2. The standard InChI is InChI=1S/C11H22NO5P/c1-4-9(2)7-8-12(15)10(13)5-6-11(14)18(3,16)17/h9,15H,4-8H2,1-3H3,(H,16,17). The molecule has 106 valence electrons. The normalized spacial score (nSPS) is 15.8. The molecule has 0 aromatic heterocycles. The van der Waals surface area contributed by atoms with Crippen LogP contribution in [0.3, 0.4) is 0 Å². The minimum absolute atomic E-state index is 0.213. The summed E-state index contributed by atoms with van der Waals surface area (Å²) >= 11 is 0. The van der Waals surface area contributed by atoms with Crippen molar-refractivity contribution in [1.29, 1.82) is 0 Å². The SMILES string of the molecule is CCC(C)CCN(O)C(=O)CCC(=O)P(C)(=O)O. The van der Waals surface area contributed by atoms with Crippen molar-refractivity contribution < 1.29 is 24.3 Å². The van der Waals surface area contributed by atoms with E-state index in [0.29, 0.717) is 17.4 Å². The third kappa shape index (κ3) is 6.89. The number of carbonyl (C=O) groups is 2. The summed E-state index contributed by atoms with van der Waals surface area (Å²) in [5, 5.41) is 10.00. The lowest BCUT2D eigenvalue weighted by atomic mass is 10.1. The molecule has 0 fully saturated rings. The smallest absolute Gasteiger partial charge is 0.261 e. The second kappa shape index (κ2) is 7.67. The molecule has 2 atom stereocenters. The Morgan fingerprint density at radius 1 is 1.33 bits per heavy atom. The lowest BCUT2D eigenvalue weighted by molar-refractivity contribution is -0.166. The Labute approximate surface area is 107 Å². The number of nitrogens with zero attached hydrogens (tertiary/aromatic N) is 1. The zero-order valence-corrected chi connectivity index (χ0v) is 12.0. The van der Waals surface area contributed by atoms with Gasteiger partial charge in [-0.15, -0.1) is 0 Å². The van der Waals surface area contributed by atoms with Crippen LogP contribution in [-0.4, -0.2) is 39.8 Å². The third-order valence-corrected chi connectivity index (χ3v) is 3.98. The van der Waals surface area contributed by atoms with Crippen LogP contribution in [0, 0.1) is 5.92 Å².